The van der Waals surface area contributed by atoms with E-state index >= 15 is 0 Å². The third-order valence-corrected chi connectivity index (χ3v) is 2.94. The molecule has 0 saturated carbocycles. The number of fused-ring (bicyclic) bond motifs is 1. The van der Waals surface area contributed by atoms with Crippen molar-refractivity contribution in [2.24, 2.45) is 0 Å². The average molecular weight is 440 g/mol. The molecule has 0 saturated heterocycles. The van der Waals surface area contributed by atoms with Gasteiger partial charge in [0.2, 0.25) is 0 Å². The predicted octanol–water partition coefficient (Wildman–Crippen LogP) is 2.09. The smallest absolute Gasteiger partial charge is 0.282 e. The standard InChI is InChI=1S/C10H8O3S.Th/c11-14(12,13)10-7-3-5-8-4-1-2-6-9(8)10;/h1-7H,(H,11,12,13);. The second-order valence-corrected chi connectivity index (χ2v) is 4.34. The van der Waals surface area contributed by atoms with Crippen LogP contribution in [-0.2, 0) is 10.1 Å². The summed E-state index contributed by atoms with van der Waals surface area (Å²) in [6.45, 7) is 0. The minimum absolute atomic E-state index is 0. The van der Waals surface area contributed by atoms with Crippen LogP contribution in [0.1, 0.15) is 0 Å². The van der Waals surface area contributed by atoms with Crippen LogP contribution in [0.4, 0.5) is 0 Å². The second-order valence-electron chi connectivity index (χ2n) is 2.95. The van der Waals surface area contributed by atoms with Crippen LogP contribution in [0.15, 0.2) is 47.4 Å². The van der Waals surface area contributed by atoms with E-state index in [0.717, 1.165) is 5.39 Å². The van der Waals surface area contributed by atoms with Gasteiger partial charge in [0.05, 0.1) is 0 Å². The molecule has 0 radical (unpaired) electrons. The Bertz CT molecular complexity index is 573. The van der Waals surface area contributed by atoms with Crippen molar-refractivity contribution in [3.05, 3.63) is 42.5 Å². The summed E-state index contributed by atoms with van der Waals surface area (Å²) in [5, 5.41) is 1.33. The molecule has 1 N–H and O–H groups in total. The summed E-state index contributed by atoms with van der Waals surface area (Å²) >= 11 is 0. The molecule has 0 aliphatic rings. The third-order valence-electron chi connectivity index (χ3n) is 2.03. The minimum Gasteiger partial charge on any atom is -0.282 e. The molecule has 0 aliphatic carbocycles. The molecule has 0 atom stereocenters. The average Bonchev–Trinajstić information content (AvgIpc) is 2.15. The van der Waals surface area contributed by atoms with Gasteiger partial charge in [0.1, 0.15) is 4.90 Å². The van der Waals surface area contributed by atoms with Crippen LogP contribution in [0.2, 0.25) is 0 Å². The molecule has 0 bridgehead atoms. The van der Waals surface area contributed by atoms with Gasteiger partial charge in [0.15, 0.2) is 0 Å². The Labute approximate surface area is 120 Å². The molecule has 15 heavy (non-hydrogen) atoms. The number of benzene rings is 2. The first-order valence-electron chi connectivity index (χ1n) is 4.04. The van der Waals surface area contributed by atoms with Crippen molar-refractivity contribution >= 4 is 20.9 Å². The summed E-state index contributed by atoms with van der Waals surface area (Å²) in [5.74, 6) is 0. The van der Waals surface area contributed by atoms with Gasteiger partial charge in [0.25, 0.3) is 10.1 Å². The summed E-state index contributed by atoms with van der Waals surface area (Å²) in [7, 11) is -4.13. The molecule has 0 aliphatic heterocycles. The molecule has 2 aromatic rings. The van der Waals surface area contributed by atoms with Gasteiger partial charge < -0.3 is 0 Å². The van der Waals surface area contributed by atoms with Crippen molar-refractivity contribution in [2.45, 2.75) is 4.90 Å². The van der Waals surface area contributed by atoms with E-state index in [2.05, 4.69) is 0 Å². The molecular weight excluding hydrogens is 432 g/mol. The summed E-state index contributed by atoms with van der Waals surface area (Å²) in [5.41, 5.74) is 0. The van der Waals surface area contributed by atoms with E-state index in [1.165, 1.54) is 6.07 Å². The molecule has 2 rings (SSSR count). The zero-order valence-corrected chi connectivity index (χ0v) is 12.6. The van der Waals surface area contributed by atoms with Crippen LogP contribution in [0, 0.1) is 39.9 Å². The fraction of sp³-hybridized carbons (Fsp3) is 0. The second kappa shape index (κ2) is 4.85. The molecule has 0 heterocycles. The largest absolute Gasteiger partial charge is 0.295 e. The van der Waals surface area contributed by atoms with Crippen LogP contribution in [0.5, 0.6) is 0 Å². The third kappa shape index (κ3) is 2.74. The fourth-order valence-electron chi connectivity index (χ4n) is 1.42. The molecule has 76 valence electrons. The molecule has 0 amide bonds. The number of rotatable bonds is 1. The van der Waals surface area contributed by atoms with Crippen LogP contribution in [-0.4, -0.2) is 13.0 Å². The maximum atomic E-state index is 11.0. The fourth-order valence-corrected chi connectivity index (χ4v) is 2.13. The van der Waals surface area contributed by atoms with Crippen molar-refractivity contribution in [1.29, 1.82) is 0 Å². The molecule has 3 nitrogen and oxygen atoms in total. The molecule has 0 fully saturated rings. The van der Waals surface area contributed by atoms with Gasteiger partial charge in [-0.2, -0.15) is 8.42 Å². The van der Waals surface area contributed by atoms with Crippen molar-refractivity contribution in [3.8, 4) is 0 Å². The monoisotopic (exact) mass is 440 g/mol. The van der Waals surface area contributed by atoms with Gasteiger partial charge in [-0.25, -0.2) is 0 Å². The van der Waals surface area contributed by atoms with Gasteiger partial charge in [-0.1, -0.05) is 36.4 Å². The first-order valence-corrected chi connectivity index (χ1v) is 5.48. The summed E-state index contributed by atoms with van der Waals surface area (Å²) in [6.07, 6.45) is 0. The molecule has 0 spiro atoms. The van der Waals surface area contributed by atoms with E-state index in [-0.39, 0.29) is 44.8 Å². The maximum Gasteiger partial charge on any atom is 0.295 e. The molecule has 0 aromatic heterocycles. The Balaban J connectivity index is 0.00000112. The SMILES string of the molecule is O=S(=O)(O)c1cccc2ccccc12.[Th]. The first-order chi connectivity index (χ1) is 6.59. The van der Waals surface area contributed by atoms with E-state index in [4.69, 9.17) is 4.55 Å². The Morgan fingerprint density at radius 1 is 0.933 bits per heavy atom. The van der Waals surface area contributed by atoms with Gasteiger partial charge in [0, 0.05) is 45.3 Å². The Kier molecular flexibility index (Phi) is 4.20. The predicted molar refractivity (Wildman–Crippen MR) is 53.8 cm³/mol. The number of hydrogen-bond donors (Lipinski definition) is 1. The van der Waals surface area contributed by atoms with Crippen LogP contribution < -0.4 is 0 Å². The van der Waals surface area contributed by atoms with Gasteiger partial charge in [-0.3, -0.25) is 4.55 Å². The van der Waals surface area contributed by atoms with E-state index < -0.39 is 10.1 Å². The van der Waals surface area contributed by atoms with Gasteiger partial charge >= 0.3 is 0 Å². The van der Waals surface area contributed by atoms with E-state index in [9.17, 15) is 8.42 Å². The summed E-state index contributed by atoms with van der Waals surface area (Å²) < 4.78 is 31.0. The van der Waals surface area contributed by atoms with E-state index in [1.807, 2.05) is 6.07 Å². The van der Waals surface area contributed by atoms with Crippen molar-refractivity contribution in [1.82, 2.24) is 0 Å². The van der Waals surface area contributed by atoms with Crippen LogP contribution in [0.3, 0.4) is 0 Å². The number of hydrogen-bond acceptors (Lipinski definition) is 2. The van der Waals surface area contributed by atoms with Crippen LogP contribution in [0.25, 0.3) is 10.8 Å². The summed E-state index contributed by atoms with van der Waals surface area (Å²) in [4.78, 5) is -0.0457. The van der Waals surface area contributed by atoms with E-state index in [0.29, 0.717) is 5.39 Å². The van der Waals surface area contributed by atoms with Crippen molar-refractivity contribution < 1.29 is 52.9 Å². The first kappa shape index (κ1) is 13.0. The molecule has 2 aromatic carbocycles. The van der Waals surface area contributed by atoms with Gasteiger partial charge in [-0.15, -0.1) is 0 Å². The molecule has 0 unspecified atom stereocenters. The maximum absolute atomic E-state index is 11.0. The zero-order chi connectivity index (χ0) is 10.2. The summed E-state index contributed by atoms with van der Waals surface area (Å²) in [6, 6.07) is 11.8. The Hall–Kier alpha value is -0.0653. The minimum atomic E-state index is -4.13. The van der Waals surface area contributed by atoms with Crippen LogP contribution >= 0.6 is 0 Å². The van der Waals surface area contributed by atoms with Crippen molar-refractivity contribution in [3.63, 3.8) is 0 Å². The zero-order valence-electron chi connectivity index (χ0n) is 7.71. The van der Waals surface area contributed by atoms with Gasteiger partial charge in [-0.05, 0) is 11.5 Å². The molecule has 5 heteroatoms. The van der Waals surface area contributed by atoms with E-state index in [1.54, 1.807) is 30.3 Å². The topological polar surface area (TPSA) is 54.4 Å². The Morgan fingerprint density at radius 3 is 2.20 bits per heavy atom. The quantitative estimate of drug-likeness (QED) is 0.692. The Morgan fingerprint density at radius 2 is 1.53 bits per heavy atom. The normalized spacial score (nSPS) is 11.0. The molecular formula is C10H8O3STh. The van der Waals surface area contributed by atoms with Crippen molar-refractivity contribution in [2.75, 3.05) is 0 Å².